The third-order valence-corrected chi connectivity index (χ3v) is 9.76. The average molecular weight is 565 g/mol. The first-order valence-electron chi connectivity index (χ1n) is 15.0. The molecule has 4 nitrogen and oxygen atoms in total. The molecule has 7 aromatic rings. The number of nitriles is 1. The number of aromatic nitrogens is 2. The first-order valence-corrected chi connectivity index (χ1v) is 15.0. The van der Waals surface area contributed by atoms with E-state index in [1.165, 1.54) is 21.7 Å². The van der Waals surface area contributed by atoms with Gasteiger partial charge in [0.05, 0.1) is 39.3 Å². The monoisotopic (exact) mass is 564 g/mol. The lowest BCUT2D eigenvalue weighted by Crippen LogP contribution is -2.24. The van der Waals surface area contributed by atoms with Crippen LogP contribution < -0.4 is 5.73 Å². The zero-order valence-corrected chi connectivity index (χ0v) is 24.2. The molecule has 2 aromatic heterocycles. The Labute approximate surface area is 254 Å². The molecule has 44 heavy (non-hydrogen) atoms. The van der Waals surface area contributed by atoms with Crippen LogP contribution in [0.4, 0.5) is 5.69 Å². The van der Waals surface area contributed by atoms with Crippen LogP contribution in [0.1, 0.15) is 29.7 Å². The third-order valence-electron chi connectivity index (χ3n) is 9.76. The van der Waals surface area contributed by atoms with Crippen LogP contribution in [-0.2, 0) is 0 Å². The van der Waals surface area contributed by atoms with Gasteiger partial charge in [-0.3, -0.25) is 0 Å². The van der Waals surface area contributed by atoms with Crippen LogP contribution in [0.15, 0.2) is 127 Å². The highest BCUT2D eigenvalue weighted by Crippen LogP contribution is 2.52. The van der Waals surface area contributed by atoms with Gasteiger partial charge in [0.1, 0.15) is 11.6 Å². The van der Waals surface area contributed by atoms with Gasteiger partial charge in [0.25, 0.3) is 0 Å². The molecule has 0 saturated carbocycles. The molecule has 0 radical (unpaired) electrons. The molecule has 0 saturated heterocycles. The molecule has 2 heterocycles. The summed E-state index contributed by atoms with van der Waals surface area (Å²) in [5, 5.41) is 16.7. The second-order valence-electron chi connectivity index (χ2n) is 12.1. The Hall–Kier alpha value is -5.79. The molecule has 208 valence electrons. The normalized spacial score (nSPS) is 18.7. The summed E-state index contributed by atoms with van der Waals surface area (Å²) in [6.07, 6.45) is 13.5. The highest BCUT2D eigenvalue weighted by atomic mass is 15.0. The van der Waals surface area contributed by atoms with Crippen molar-refractivity contribution in [1.29, 1.82) is 5.26 Å². The number of nitrogens with zero attached hydrogens (tertiary/aromatic N) is 3. The van der Waals surface area contributed by atoms with Crippen molar-refractivity contribution in [3.05, 3.63) is 144 Å². The maximum Gasteiger partial charge on any atom is 0.104 e. The van der Waals surface area contributed by atoms with Crippen molar-refractivity contribution in [2.45, 2.75) is 12.8 Å². The predicted molar refractivity (Wildman–Crippen MR) is 182 cm³/mol. The Bertz CT molecular complexity index is 2440. The average Bonchev–Trinajstić information content (AvgIpc) is 3.58. The fourth-order valence-electron chi connectivity index (χ4n) is 7.70. The Kier molecular flexibility index (Phi) is 4.99. The number of hydrogen-bond donors (Lipinski definition) is 1. The van der Waals surface area contributed by atoms with Crippen LogP contribution in [0.3, 0.4) is 0 Å². The van der Waals surface area contributed by atoms with E-state index in [1.54, 1.807) is 0 Å². The maximum atomic E-state index is 10.7. The van der Waals surface area contributed by atoms with Crippen LogP contribution in [0.5, 0.6) is 0 Å². The molecule has 2 aliphatic carbocycles. The largest absolute Gasteiger partial charge is 0.396 e. The Balaban J connectivity index is 1.37. The Morgan fingerprint density at radius 2 is 1.39 bits per heavy atom. The summed E-state index contributed by atoms with van der Waals surface area (Å²) in [5.41, 5.74) is 15.0. The molecule has 2 unspecified atom stereocenters. The van der Waals surface area contributed by atoms with Crippen LogP contribution in [0.25, 0.3) is 60.9 Å². The molecule has 0 aliphatic heterocycles. The van der Waals surface area contributed by atoms with Gasteiger partial charge in [0, 0.05) is 27.5 Å². The van der Waals surface area contributed by atoms with E-state index >= 15 is 0 Å². The van der Waals surface area contributed by atoms with Crippen LogP contribution in [0, 0.1) is 16.7 Å². The first-order chi connectivity index (χ1) is 21.6. The number of nitrogens with two attached hydrogens (primary N) is 1. The van der Waals surface area contributed by atoms with Crippen molar-refractivity contribution < 1.29 is 0 Å². The van der Waals surface area contributed by atoms with Gasteiger partial charge in [-0.1, -0.05) is 104 Å². The summed E-state index contributed by atoms with van der Waals surface area (Å²) in [6.45, 7) is 2.30. The lowest BCUT2D eigenvalue weighted by atomic mass is 9.67. The number of fused-ring (bicyclic) bond motifs is 10. The molecule has 0 fully saturated rings. The smallest absolute Gasteiger partial charge is 0.104 e. The molecule has 4 heteroatoms. The van der Waals surface area contributed by atoms with Crippen molar-refractivity contribution in [3.8, 4) is 17.4 Å². The maximum absolute atomic E-state index is 10.7. The highest BCUT2D eigenvalue weighted by Gasteiger charge is 2.38. The predicted octanol–water partition coefficient (Wildman–Crippen LogP) is 9.58. The molecule has 2 atom stereocenters. The standard InChI is InChI=1S/C40H28N4/c1-40-22-9-8-14-30(40)38-35(21-23-40)44(34-18-17-25-10-2-3-11-26(25)37(34)38)33-19-20-36(39(42)29(33)24-41)43-31-15-6-4-12-27(31)28-13-5-7-16-32(28)43/h2-23,30H,42H2,1H3. The number of benzene rings is 5. The van der Waals surface area contributed by atoms with Gasteiger partial charge < -0.3 is 14.9 Å². The molecule has 0 amide bonds. The minimum absolute atomic E-state index is 0.130. The van der Waals surface area contributed by atoms with E-state index < -0.39 is 0 Å². The molecule has 0 spiro atoms. The van der Waals surface area contributed by atoms with Gasteiger partial charge in [0.15, 0.2) is 0 Å². The van der Waals surface area contributed by atoms with Gasteiger partial charge in [-0.2, -0.15) is 5.26 Å². The van der Waals surface area contributed by atoms with E-state index in [0.29, 0.717) is 11.3 Å². The van der Waals surface area contributed by atoms with Crippen molar-refractivity contribution in [1.82, 2.24) is 9.13 Å². The quantitative estimate of drug-likeness (QED) is 0.213. The van der Waals surface area contributed by atoms with Gasteiger partial charge in [-0.25, -0.2) is 0 Å². The summed E-state index contributed by atoms with van der Waals surface area (Å²) in [5.74, 6) is 0.168. The minimum atomic E-state index is -0.130. The number of anilines is 1. The molecular weight excluding hydrogens is 536 g/mol. The van der Waals surface area contributed by atoms with Crippen LogP contribution in [-0.4, -0.2) is 9.13 Å². The SMILES string of the molecule is CC12C=CC=CC1c1c(n(-c3ccc(-n4c5ccccc5c5ccccc54)c(N)c3C#N)c3ccc4ccccc4c13)C=C2. The molecular formula is C40H28N4. The molecule has 0 bridgehead atoms. The first kappa shape index (κ1) is 24.8. The number of para-hydroxylation sites is 2. The van der Waals surface area contributed by atoms with Crippen LogP contribution >= 0.6 is 0 Å². The number of hydrogen-bond acceptors (Lipinski definition) is 2. The summed E-state index contributed by atoms with van der Waals surface area (Å²) in [4.78, 5) is 0. The fourth-order valence-corrected chi connectivity index (χ4v) is 7.70. The van der Waals surface area contributed by atoms with E-state index in [0.717, 1.165) is 44.4 Å². The summed E-state index contributed by atoms with van der Waals surface area (Å²) in [6, 6.07) is 36.3. The third kappa shape index (κ3) is 3.16. The minimum Gasteiger partial charge on any atom is -0.396 e. The van der Waals surface area contributed by atoms with E-state index in [1.807, 2.05) is 12.1 Å². The molecule has 2 aliphatic rings. The topological polar surface area (TPSA) is 59.7 Å². The number of rotatable bonds is 2. The second-order valence-corrected chi connectivity index (χ2v) is 12.1. The van der Waals surface area contributed by atoms with E-state index in [-0.39, 0.29) is 11.3 Å². The zero-order chi connectivity index (χ0) is 29.6. The second kappa shape index (κ2) is 8.86. The zero-order valence-electron chi connectivity index (χ0n) is 24.2. The van der Waals surface area contributed by atoms with Gasteiger partial charge in [-0.05, 0) is 52.7 Å². The lowest BCUT2D eigenvalue weighted by molar-refractivity contribution is 0.482. The lowest BCUT2D eigenvalue weighted by Gasteiger charge is -2.36. The molecule has 2 N–H and O–H groups in total. The fraction of sp³-hybridized carbons (Fsp3) is 0.0750. The number of allylic oxidation sites excluding steroid dienone is 5. The summed E-state index contributed by atoms with van der Waals surface area (Å²) < 4.78 is 4.44. The van der Waals surface area contributed by atoms with Gasteiger partial charge >= 0.3 is 0 Å². The molecule has 9 rings (SSSR count). The van der Waals surface area contributed by atoms with Gasteiger partial charge in [-0.15, -0.1) is 0 Å². The van der Waals surface area contributed by atoms with Crippen LogP contribution in [0.2, 0.25) is 0 Å². The van der Waals surface area contributed by atoms with E-state index in [2.05, 4.69) is 144 Å². The molecule has 5 aromatic carbocycles. The van der Waals surface area contributed by atoms with Crippen molar-refractivity contribution in [2.24, 2.45) is 5.41 Å². The summed E-state index contributed by atoms with van der Waals surface area (Å²) >= 11 is 0. The van der Waals surface area contributed by atoms with Gasteiger partial charge in [0.2, 0.25) is 0 Å². The summed E-state index contributed by atoms with van der Waals surface area (Å²) in [7, 11) is 0. The Morgan fingerprint density at radius 3 is 2.14 bits per heavy atom. The Morgan fingerprint density at radius 1 is 0.705 bits per heavy atom. The van der Waals surface area contributed by atoms with Crippen molar-refractivity contribution in [3.63, 3.8) is 0 Å². The highest BCUT2D eigenvalue weighted by molar-refractivity contribution is 6.12. The van der Waals surface area contributed by atoms with E-state index in [4.69, 9.17) is 5.73 Å². The number of nitrogen functional groups attached to an aromatic ring is 1. The van der Waals surface area contributed by atoms with Crippen molar-refractivity contribution >= 4 is 55.2 Å². The van der Waals surface area contributed by atoms with Crippen molar-refractivity contribution in [2.75, 3.05) is 5.73 Å². The van der Waals surface area contributed by atoms with E-state index in [9.17, 15) is 5.26 Å².